The molecular formula is C18H19BO6. The van der Waals surface area contributed by atoms with Crippen molar-refractivity contribution in [2.45, 2.75) is 13.8 Å². The highest BCUT2D eigenvalue weighted by Crippen LogP contribution is 2.15. The van der Waals surface area contributed by atoms with Crippen LogP contribution in [0.25, 0.3) is 0 Å². The van der Waals surface area contributed by atoms with Crippen molar-refractivity contribution < 1.29 is 28.4 Å². The minimum atomic E-state index is -0.369. The Morgan fingerprint density at radius 2 is 1.08 bits per heavy atom. The summed E-state index contributed by atoms with van der Waals surface area (Å²) in [6, 6.07) is 13.2. The quantitative estimate of drug-likeness (QED) is 0.543. The van der Waals surface area contributed by atoms with Crippen LogP contribution in [0.1, 0.15) is 34.6 Å². The summed E-state index contributed by atoms with van der Waals surface area (Å²) in [6.45, 7) is 4.18. The molecule has 0 saturated carbocycles. The van der Waals surface area contributed by atoms with Gasteiger partial charge in [-0.1, -0.05) is 0 Å². The van der Waals surface area contributed by atoms with Crippen LogP contribution in [0.15, 0.2) is 48.5 Å². The molecule has 6 nitrogen and oxygen atoms in total. The fourth-order valence-electron chi connectivity index (χ4n) is 1.97. The summed E-state index contributed by atoms with van der Waals surface area (Å²) in [6.07, 6.45) is 0. The molecule has 0 atom stereocenters. The SMILES string of the molecule is CCOC(=O)c1ccc(OBOc2ccc(C(=O)OCC)cc2)cc1. The summed E-state index contributed by atoms with van der Waals surface area (Å²) >= 11 is 0. The fraction of sp³-hybridized carbons (Fsp3) is 0.222. The van der Waals surface area contributed by atoms with Crippen LogP contribution in [0.2, 0.25) is 0 Å². The lowest BCUT2D eigenvalue weighted by Crippen LogP contribution is -2.11. The van der Waals surface area contributed by atoms with Gasteiger partial charge in [-0.05, 0) is 62.4 Å². The van der Waals surface area contributed by atoms with Gasteiger partial charge in [-0.2, -0.15) is 0 Å². The van der Waals surface area contributed by atoms with E-state index >= 15 is 0 Å². The van der Waals surface area contributed by atoms with E-state index in [1.165, 1.54) is 0 Å². The van der Waals surface area contributed by atoms with Crippen LogP contribution in [0.5, 0.6) is 11.5 Å². The first-order valence-corrected chi connectivity index (χ1v) is 7.94. The summed E-state index contributed by atoms with van der Waals surface area (Å²) in [5.41, 5.74) is 0.925. The van der Waals surface area contributed by atoms with E-state index in [9.17, 15) is 9.59 Å². The lowest BCUT2D eigenvalue weighted by Gasteiger charge is -2.08. The molecule has 130 valence electrons. The molecular weight excluding hydrogens is 323 g/mol. The standard InChI is InChI=1S/C18H19BO6/c1-3-22-17(20)13-5-9-15(10-6-13)24-19-25-16-11-7-14(8-12-16)18(21)23-4-2/h5-12,19H,3-4H2,1-2H3. The van der Waals surface area contributed by atoms with Crippen molar-refractivity contribution in [1.29, 1.82) is 0 Å². The van der Waals surface area contributed by atoms with Crippen LogP contribution in [0.4, 0.5) is 0 Å². The predicted molar refractivity (Wildman–Crippen MR) is 93.2 cm³/mol. The highest BCUT2D eigenvalue weighted by Gasteiger charge is 2.08. The molecule has 0 aliphatic heterocycles. The molecule has 7 heteroatoms. The summed E-state index contributed by atoms with van der Waals surface area (Å²) in [5, 5.41) is 0. The number of rotatable bonds is 8. The Morgan fingerprint density at radius 1 is 0.720 bits per heavy atom. The molecule has 0 spiro atoms. The number of esters is 2. The minimum Gasteiger partial charge on any atom is -0.529 e. The molecule has 0 N–H and O–H groups in total. The maximum atomic E-state index is 11.6. The van der Waals surface area contributed by atoms with Gasteiger partial charge in [0.05, 0.1) is 24.3 Å². The average Bonchev–Trinajstić information content (AvgIpc) is 2.63. The van der Waals surface area contributed by atoms with Crippen molar-refractivity contribution in [3.05, 3.63) is 59.7 Å². The van der Waals surface area contributed by atoms with E-state index in [0.717, 1.165) is 0 Å². The zero-order valence-electron chi connectivity index (χ0n) is 14.2. The molecule has 2 rings (SSSR count). The van der Waals surface area contributed by atoms with E-state index in [2.05, 4.69) is 0 Å². The number of ether oxygens (including phenoxy) is 2. The third kappa shape index (κ3) is 5.56. The highest BCUT2D eigenvalue weighted by atomic mass is 16.6. The van der Waals surface area contributed by atoms with Crippen LogP contribution < -0.4 is 9.31 Å². The second-order valence-electron chi connectivity index (χ2n) is 4.90. The largest absolute Gasteiger partial charge is 0.576 e. The second kappa shape index (κ2) is 9.37. The second-order valence-corrected chi connectivity index (χ2v) is 4.90. The van der Waals surface area contributed by atoms with E-state index in [-0.39, 0.29) is 19.6 Å². The number of carbonyl (C=O) groups excluding carboxylic acids is 2. The van der Waals surface area contributed by atoms with E-state index in [4.69, 9.17) is 18.8 Å². The summed E-state index contributed by atoms with van der Waals surface area (Å²) in [5.74, 6) is 0.395. The van der Waals surface area contributed by atoms with E-state index in [1.807, 2.05) is 0 Å². The molecule has 0 aliphatic carbocycles. The first-order valence-electron chi connectivity index (χ1n) is 7.94. The Labute approximate surface area is 147 Å². The van der Waals surface area contributed by atoms with Crippen molar-refractivity contribution in [3.8, 4) is 11.5 Å². The zero-order chi connectivity index (χ0) is 18.1. The summed E-state index contributed by atoms with van der Waals surface area (Å²) in [7, 11) is -0.00247. The maximum absolute atomic E-state index is 11.6. The van der Waals surface area contributed by atoms with Crippen molar-refractivity contribution >= 4 is 19.6 Å². The van der Waals surface area contributed by atoms with E-state index in [0.29, 0.717) is 35.8 Å². The average molecular weight is 342 g/mol. The Hall–Kier alpha value is -2.96. The monoisotopic (exact) mass is 342 g/mol. The predicted octanol–water partition coefficient (Wildman–Crippen LogP) is 2.76. The van der Waals surface area contributed by atoms with Gasteiger partial charge in [0.25, 0.3) is 0 Å². The van der Waals surface area contributed by atoms with Gasteiger partial charge in [-0.15, -0.1) is 0 Å². The van der Waals surface area contributed by atoms with Crippen LogP contribution in [0.3, 0.4) is 0 Å². The number of hydrogen-bond acceptors (Lipinski definition) is 6. The number of benzene rings is 2. The summed E-state index contributed by atoms with van der Waals surface area (Å²) < 4.78 is 20.7. The summed E-state index contributed by atoms with van der Waals surface area (Å²) in [4.78, 5) is 23.1. The lowest BCUT2D eigenvalue weighted by molar-refractivity contribution is 0.0516. The van der Waals surface area contributed by atoms with Gasteiger partial charge in [0.1, 0.15) is 11.5 Å². The van der Waals surface area contributed by atoms with Crippen LogP contribution >= 0.6 is 0 Å². The van der Waals surface area contributed by atoms with Crippen molar-refractivity contribution in [3.63, 3.8) is 0 Å². The third-order valence-electron chi connectivity index (χ3n) is 3.18. The van der Waals surface area contributed by atoms with Gasteiger partial charge in [-0.25, -0.2) is 9.59 Å². The molecule has 0 radical (unpaired) electrons. The molecule has 0 amide bonds. The molecule has 2 aromatic carbocycles. The van der Waals surface area contributed by atoms with Crippen molar-refractivity contribution in [1.82, 2.24) is 0 Å². The Morgan fingerprint density at radius 3 is 1.40 bits per heavy atom. The lowest BCUT2D eigenvalue weighted by atomic mass is 10.2. The highest BCUT2D eigenvalue weighted by molar-refractivity contribution is 6.20. The number of carbonyl (C=O) groups is 2. The van der Waals surface area contributed by atoms with E-state index < -0.39 is 0 Å². The molecule has 0 aliphatic rings. The fourth-order valence-corrected chi connectivity index (χ4v) is 1.97. The van der Waals surface area contributed by atoms with Crippen LogP contribution in [-0.2, 0) is 9.47 Å². The third-order valence-corrected chi connectivity index (χ3v) is 3.18. The van der Waals surface area contributed by atoms with Crippen LogP contribution in [-0.4, -0.2) is 32.8 Å². The van der Waals surface area contributed by atoms with Gasteiger partial charge >= 0.3 is 19.6 Å². The molecule has 0 aromatic heterocycles. The zero-order valence-corrected chi connectivity index (χ0v) is 14.2. The molecule has 0 heterocycles. The smallest absolute Gasteiger partial charge is 0.529 e. The molecule has 0 bridgehead atoms. The molecule has 0 fully saturated rings. The molecule has 0 unspecified atom stereocenters. The first kappa shape index (κ1) is 18.4. The van der Waals surface area contributed by atoms with Gasteiger partial charge in [0, 0.05) is 0 Å². The molecule has 2 aromatic rings. The van der Waals surface area contributed by atoms with Gasteiger partial charge in [-0.3, -0.25) is 0 Å². The Balaban J connectivity index is 1.82. The van der Waals surface area contributed by atoms with E-state index in [1.54, 1.807) is 62.4 Å². The minimum absolute atomic E-state index is 0.00247. The van der Waals surface area contributed by atoms with Crippen molar-refractivity contribution in [2.75, 3.05) is 13.2 Å². The van der Waals surface area contributed by atoms with Gasteiger partial charge < -0.3 is 18.8 Å². The topological polar surface area (TPSA) is 71.1 Å². The normalized spacial score (nSPS) is 9.84. The molecule has 25 heavy (non-hydrogen) atoms. The van der Waals surface area contributed by atoms with Crippen molar-refractivity contribution in [2.24, 2.45) is 0 Å². The Kier molecular flexibility index (Phi) is 6.89. The van der Waals surface area contributed by atoms with Gasteiger partial charge in [0.15, 0.2) is 0 Å². The maximum Gasteiger partial charge on any atom is 0.576 e. The number of hydrogen-bond donors (Lipinski definition) is 0. The first-order chi connectivity index (χ1) is 12.1. The van der Waals surface area contributed by atoms with Crippen LogP contribution in [0, 0.1) is 0 Å². The Bertz CT molecular complexity index is 635. The van der Waals surface area contributed by atoms with Gasteiger partial charge in [0.2, 0.25) is 0 Å². The molecule has 0 saturated heterocycles.